The Morgan fingerprint density at radius 1 is 1.20 bits per heavy atom. The van der Waals surface area contributed by atoms with Gasteiger partial charge in [0.1, 0.15) is 4.34 Å². The van der Waals surface area contributed by atoms with Crippen LogP contribution in [0.1, 0.15) is 10.4 Å². The number of rotatable bonds is 3. The highest BCUT2D eigenvalue weighted by Gasteiger charge is 2.14. The number of nitrogens with one attached hydrogen (secondary N) is 1. The predicted octanol–water partition coefficient (Wildman–Crippen LogP) is 5.02. The Kier molecular flexibility index (Phi) is 4.17. The van der Waals surface area contributed by atoms with Crippen molar-refractivity contribution in [1.82, 2.24) is 14.4 Å². The van der Waals surface area contributed by atoms with Gasteiger partial charge in [0.15, 0.2) is 0 Å². The van der Waals surface area contributed by atoms with Crippen molar-refractivity contribution in [3.8, 4) is 11.3 Å². The third-order valence-electron chi connectivity index (χ3n) is 3.58. The van der Waals surface area contributed by atoms with Crippen LogP contribution in [0.3, 0.4) is 0 Å². The highest BCUT2D eigenvalue weighted by Crippen LogP contribution is 2.31. The van der Waals surface area contributed by atoms with Crippen molar-refractivity contribution >= 4 is 51.9 Å². The summed E-state index contributed by atoms with van der Waals surface area (Å²) >= 11 is 13.0. The van der Waals surface area contributed by atoms with Gasteiger partial charge in [-0.05, 0) is 24.3 Å². The molecule has 4 rings (SSSR count). The van der Waals surface area contributed by atoms with E-state index in [-0.39, 0.29) is 5.91 Å². The topological polar surface area (TPSA) is 59.3 Å². The van der Waals surface area contributed by atoms with Crippen molar-refractivity contribution in [2.75, 3.05) is 5.32 Å². The third kappa shape index (κ3) is 3.24. The zero-order valence-electron chi connectivity index (χ0n) is 12.6. The molecular formula is C17H10Cl2N4OS. The maximum atomic E-state index is 12.2. The van der Waals surface area contributed by atoms with Gasteiger partial charge in [-0.25, -0.2) is 9.97 Å². The lowest BCUT2D eigenvalue weighted by molar-refractivity contribution is 0.102. The van der Waals surface area contributed by atoms with E-state index in [2.05, 4.69) is 15.3 Å². The number of anilines is 1. The fraction of sp³-hybridized carbons (Fsp3) is 0. The van der Waals surface area contributed by atoms with E-state index >= 15 is 0 Å². The molecule has 124 valence electrons. The molecule has 5 nitrogen and oxygen atoms in total. The molecule has 1 amide bonds. The van der Waals surface area contributed by atoms with Gasteiger partial charge < -0.3 is 5.32 Å². The molecule has 3 heterocycles. The average Bonchev–Trinajstić information content (AvgIpc) is 3.18. The second kappa shape index (κ2) is 6.48. The smallest absolute Gasteiger partial charge is 0.258 e. The summed E-state index contributed by atoms with van der Waals surface area (Å²) in [4.78, 5) is 20.9. The molecule has 0 radical (unpaired) electrons. The fourth-order valence-corrected chi connectivity index (χ4v) is 3.85. The first-order valence-corrected chi connectivity index (χ1v) is 8.84. The monoisotopic (exact) mass is 388 g/mol. The molecule has 0 spiro atoms. The van der Waals surface area contributed by atoms with Crippen LogP contribution in [0, 0.1) is 0 Å². The molecule has 4 aromatic rings. The molecule has 8 heteroatoms. The van der Waals surface area contributed by atoms with Crippen LogP contribution >= 0.6 is 34.5 Å². The summed E-state index contributed by atoms with van der Waals surface area (Å²) in [6, 6.07) is 10.8. The molecule has 25 heavy (non-hydrogen) atoms. The number of imidazole rings is 1. The molecule has 0 saturated heterocycles. The largest absolute Gasteiger partial charge is 0.322 e. The van der Waals surface area contributed by atoms with Crippen molar-refractivity contribution in [2.24, 2.45) is 0 Å². The molecule has 0 aliphatic rings. The van der Waals surface area contributed by atoms with Crippen LogP contribution in [0.2, 0.25) is 8.67 Å². The lowest BCUT2D eigenvalue weighted by Gasteiger charge is -2.05. The first kappa shape index (κ1) is 16.1. The molecule has 0 aliphatic carbocycles. The Hall–Kier alpha value is -2.41. The van der Waals surface area contributed by atoms with Gasteiger partial charge in [0, 0.05) is 29.8 Å². The van der Waals surface area contributed by atoms with Crippen molar-refractivity contribution in [2.45, 2.75) is 0 Å². The Morgan fingerprint density at radius 2 is 2.00 bits per heavy atom. The normalized spacial score (nSPS) is 11.0. The van der Waals surface area contributed by atoms with Crippen molar-refractivity contribution < 1.29 is 4.79 Å². The highest BCUT2D eigenvalue weighted by atomic mass is 35.5. The Labute approximate surface area is 156 Å². The van der Waals surface area contributed by atoms with Gasteiger partial charge in [-0.3, -0.25) is 9.20 Å². The summed E-state index contributed by atoms with van der Waals surface area (Å²) in [5.74, 6) is 0.344. The van der Waals surface area contributed by atoms with Gasteiger partial charge in [0.25, 0.3) is 5.91 Å². The van der Waals surface area contributed by atoms with Crippen molar-refractivity contribution in [3.63, 3.8) is 0 Å². The summed E-state index contributed by atoms with van der Waals surface area (Å²) in [6.07, 6.45) is 5.50. The maximum Gasteiger partial charge on any atom is 0.258 e. The molecular weight excluding hydrogens is 379 g/mol. The van der Waals surface area contributed by atoms with Gasteiger partial charge in [0.2, 0.25) is 5.78 Å². The summed E-state index contributed by atoms with van der Waals surface area (Å²) < 4.78 is 2.70. The second-order valence-electron chi connectivity index (χ2n) is 5.22. The Bertz CT molecular complexity index is 1040. The maximum absolute atomic E-state index is 12.2. The number of aromatic nitrogens is 3. The number of benzene rings is 1. The van der Waals surface area contributed by atoms with E-state index in [0.29, 0.717) is 25.7 Å². The van der Waals surface area contributed by atoms with E-state index in [0.717, 1.165) is 22.6 Å². The summed E-state index contributed by atoms with van der Waals surface area (Å²) in [6.45, 7) is 0. The molecule has 0 fully saturated rings. The fourth-order valence-electron chi connectivity index (χ4n) is 2.39. The molecule has 0 unspecified atom stereocenters. The zero-order valence-corrected chi connectivity index (χ0v) is 14.9. The molecule has 3 aromatic heterocycles. The lowest BCUT2D eigenvalue weighted by atomic mass is 10.1. The summed E-state index contributed by atoms with van der Waals surface area (Å²) in [7, 11) is 0. The number of nitrogens with zero attached hydrogens (tertiary/aromatic N) is 3. The summed E-state index contributed by atoms with van der Waals surface area (Å²) in [5, 5.41) is 2.80. The number of thiophene rings is 1. The molecule has 1 N–H and O–H groups in total. The van der Waals surface area contributed by atoms with E-state index in [1.54, 1.807) is 12.3 Å². The van der Waals surface area contributed by atoms with Crippen LogP contribution in [0.25, 0.3) is 17.0 Å². The van der Waals surface area contributed by atoms with Crippen LogP contribution in [-0.2, 0) is 0 Å². The van der Waals surface area contributed by atoms with Gasteiger partial charge in [-0.2, -0.15) is 0 Å². The highest BCUT2D eigenvalue weighted by molar-refractivity contribution is 7.20. The molecule has 0 atom stereocenters. The average molecular weight is 389 g/mol. The van der Waals surface area contributed by atoms with Gasteiger partial charge >= 0.3 is 0 Å². The Balaban J connectivity index is 1.55. The molecule has 0 saturated carbocycles. The zero-order chi connectivity index (χ0) is 17.4. The predicted molar refractivity (Wildman–Crippen MR) is 101 cm³/mol. The third-order valence-corrected chi connectivity index (χ3v) is 5.06. The molecule has 0 aliphatic heterocycles. The summed E-state index contributed by atoms with van der Waals surface area (Å²) in [5.41, 5.74) is 2.77. The Morgan fingerprint density at radius 3 is 2.68 bits per heavy atom. The van der Waals surface area contributed by atoms with Crippen molar-refractivity contribution in [3.05, 3.63) is 69.2 Å². The van der Waals surface area contributed by atoms with Crippen LogP contribution < -0.4 is 5.32 Å². The van der Waals surface area contributed by atoms with Gasteiger partial charge in [-0.1, -0.05) is 35.3 Å². The SMILES string of the molecule is O=C(Nc1ccc(-c2cn3cccnc3n2)cc1)c1cc(Cl)sc1Cl. The van der Waals surface area contributed by atoms with Crippen LogP contribution in [0.4, 0.5) is 5.69 Å². The molecule has 1 aromatic carbocycles. The second-order valence-corrected chi connectivity index (χ2v) is 7.51. The number of hydrogen-bond donors (Lipinski definition) is 1. The number of fused-ring (bicyclic) bond motifs is 1. The lowest BCUT2D eigenvalue weighted by Crippen LogP contribution is -2.11. The minimum absolute atomic E-state index is 0.294. The number of carbonyl (C=O) groups is 1. The standard InChI is InChI=1S/C17H10Cl2N4OS/c18-14-8-12(15(19)25-14)16(24)21-11-4-2-10(3-5-11)13-9-23-7-1-6-20-17(23)22-13/h1-9H,(H,21,24). The number of carbonyl (C=O) groups excluding carboxylic acids is 1. The van der Waals surface area contributed by atoms with E-state index in [1.165, 1.54) is 0 Å². The van der Waals surface area contributed by atoms with Crippen LogP contribution in [-0.4, -0.2) is 20.3 Å². The van der Waals surface area contributed by atoms with Gasteiger partial charge in [0.05, 0.1) is 15.6 Å². The minimum atomic E-state index is -0.294. The van der Waals surface area contributed by atoms with E-state index in [4.69, 9.17) is 23.2 Å². The first-order valence-electron chi connectivity index (χ1n) is 7.26. The van der Waals surface area contributed by atoms with E-state index < -0.39 is 0 Å². The quantitative estimate of drug-likeness (QED) is 0.536. The van der Waals surface area contributed by atoms with Gasteiger partial charge in [-0.15, -0.1) is 11.3 Å². The minimum Gasteiger partial charge on any atom is -0.322 e. The number of hydrogen-bond acceptors (Lipinski definition) is 4. The number of amides is 1. The van der Waals surface area contributed by atoms with Crippen molar-refractivity contribution in [1.29, 1.82) is 0 Å². The number of halogens is 2. The van der Waals surface area contributed by atoms with Crippen LogP contribution in [0.5, 0.6) is 0 Å². The first-order chi connectivity index (χ1) is 12.1. The van der Waals surface area contributed by atoms with Crippen LogP contribution in [0.15, 0.2) is 55.0 Å². The van der Waals surface area contributed by atoms with E-state index in [1.807, 2.05) is 47.1 Å². The van der Waals surface area contributed by atoms with E-state index in [9.17, 15) is 4.79 Å². The molecule has 0 bridgehead atoms.